The van der Waals surface area contributed by atoms with E-state index in [1.54, 1.807) is 0 Å². The van der Waals surface area contributed by atoms with Crippen molar-refractivity contribution < 1.29 is 9.53 Å². The van der Waals surface area contributed by atoms with E-state index in [1.165, 1.54) is 23.3 Å². The van der Waals surface area contributed by atoms with Crippen LogP contribution in [0.25, 0.3) is 0 Å². The van der Waals surface area contributed by atoms with Gasteiger partial charge in [-0.05, 0) is 67.6 Å². The second kappa shape index (κ2) is 10.6. The van der Waals surface area contributed by atoms with Crippen LogP contribution in [0.5, 0.6) is 0 Å². The molecule has 2 fully saturated rings. The Morgan fingerprint density at radius 2 is 1.97 bits per heavy atom. The Morgan fingerprint density at radius 3 is 2.71 bits per heavy atom. The van der Waals surface area contributed by atoms with Crippen molar-refractivity contribution in [2.45, 2.75) is 52.7 Å². The lowest BCUT2D eigenvalue weighted by Gasteiger charge is -2.43. The lowest BCUT2D eigenvalue weighted by molar-refractivity contribution is -0.122. The number of hydrogen-bond acceptors (Lipinski definition) is 4. The summed E-state index contributed by atoms with van der Waals surface area (Å²) in [5, 5.41) is 0.634. The van der Waals surface area contributed by atoms with Gasteiger partial charge in [0.15, 0.2) is 0 Å². The van der Waals surface area contributed by atoms with Gasteiger partial charge in [0, 0.05) is 29.4 Å². The maximum Gasteiger partial charge on any atom is 0.252 e. The zero-order valence-electron chi connectivity index (χ0n) is 21.7. The molecule has 2 saturated heterocycles. The molecule has 186 valence electrons. The van der Waals surface area contributed by atoms with Crippen LogP contribution in [-0.4, -0.2) is 61.2 Å². The van der Waals surface area contributed by atoms with Crippen LogP contribution in [0, 0.1) is 23.7 Å². The van der Waals surface area contributed by atoms with E-state index < -0.39 is 0 Å². The summed E-state index contributed by atoms with van der Waals surface area (Å²) < 4.78 is 5.86. The number of carbonyl (C=O) groups excluding carboxylic acids is 1. The maximum absolute atomic E-state index is 12.8. The third-order valence-corrected chi connectivity index (χ3v) is 9.23. The Morgan fingerprint density at radius 1 is 1.21 bits per heavy atom. The van der Waals surface area contributed by atoms with Gasteiger partial charge in [-0.1, -0.05) is 63.6 Å². The normalized spacial score (nSPS) is 29.1. The molecule has 5 heteroatoms. The molecule has 0 N–H and O–H groups in total. The topological polar surface area (TPSA) is 32.8 Å². The van der Waals surface area contributed by atoms with E-state index in [1.807, 2.05) is 4.90 Å². The Bertz CT molecular complexity index is 923. The van der Waals surface area contributed by atoms with Crippen LogP contribution in [0.2, 0.25) is 0 Å². The average molecular weight is 483 g/mol. The summed E-state index contributed by atoms with van der Waals surface area (Å²) in [6, 6.07) is 8.26. The van der Waals surface area contributed by atoms with E-state index in [-0.39, 0.29) is 17.9 Å². The van der Waals surface area contributed by atoms with Crippen molar-refractivity contribution in [3.05, 3.63) is 53.6 Å². The van der Waals surface area contributed by atoms with Gasteiger partial charge in [0.05, 0.1) is 6.61 Å². The van der Waals surface area contributed by atoms with Crippen molar-refractivity contribution >= 4 is 23.4 Å². The van der Waals surface area contributed by atoms with Gasteiger partial charge in [-0.2, -0.15) is 11.8 Å². The number of thioether (sulfide) groups is 1. The van der Waals surface area contributed by atoms with Crippen molar-refractivity contribution in [1.82, 2.24) is 4.90 Å². The van der Waals surface area contributed by atoms with Crippen LogP contribution < -0.4 is 4.90 Å². The smallest absolute Gasteiger partial charge is 0.252 e. The molecule has 2 aliphatic heterocycles. The molecule has 4 nitrogen and oxygen atoms in total. The van der Waals surface area contributed by atoms with Gasteiger partial charge in [0.2, 0.25) is 0 Å². The molecule has 1 amide bonds. The van der Waals surface area contributed by atoms with Crippen LogP contribution in [0.4, 0.5) is 5.69 Å². The molecule has 0 spiro atoms. The lowest BCUT2D eigenvalue weighted by atomic mass is 9.72. The summed E-state index contributed by atoms with van der Waals surface area (Å²) >= 11 is 2.11. The number of benzene rings is 1. The van der Waals surface area contributed by atoms with Crippen molar-refractivity contribution in [3.8, 4) is 0 Å². The second-order valence-corrected chi connectivity index (χ2v) is 12.7. The average Bonchev–Trinajstić information content (AvgIpc) is 2.96. The molecule has 2 heterocycles. The summed E-state index contributed by atoms with van der Waals surface area (Å²) in [5.41, 5.74) is 3.93. The number of hydrogen-bond donors (Lipinski definition) is 0. The number of likely N-dealkylation sites (N-methyl/N-ethyl adjacent to an activating group) is 1. The molecule has 34 heavy (non-hydrogen) atoms. The summed E-state index contributed by atoms with van der Waals surface area (Å²) in [5.74, 6) is 1.96. The fourth-order valence-electron chi connectivity index (χ4n) is 5.40. The van der Waals surface area contributed by atoms with E-state index in [2.05, 4.69) is 93.8 Å². The summed E-state index contributed by atoms with van der Waals surface area (Å²) in [4.78, 5) is 17.3. The number of rotatable bonds is 7. The maximum atomic E-state index is 12.8. The highest BCUT2D eigenvalue weighted by Crippen LogP contribution is 2.47. The minimum absolute atomic E-state index is 0.0555. The third-order valence-electron chi connectivity index (χ3n) is 7.95. The predicted octanol–water partition coefficient (Wildman–Crippen LogP) is 5.72. The summed E-state index contributed by atoms with van der Waals surface area (Å²) in [6.45, 7) is 16.0. The van der Waals surface area contributed by atoms with Crippen LogP contribution in [0.1, 0.15) is 46.1 Å². The van der Waals surface area contributed by atoms with Crippen molar-refractivity contribution in [1.29, 1.82) is 0 Å². The molecule has 3 unspecified atom stereocenters. The molecular weight excluding hydrogens is 440 g/mol. The summed E-state index contributed by atoms with van der Waals surface area (Å²) in [6.07, 6.45) is 9.68. The highest BCUT2D eigenvalue weighted by atomic mass is 32.2. The molecular formula is C29H42N2O2S. The first-order chi connectivity index (χ1) is 16.2. The van der Waals surface area contributed by atoms with E-state index in [4.69, 9.17) is 4.74 Å². The predicted molar refractivity (Wildman–Crippen MR) is 145 cm³/mol. The Balaban J connectivity index is 1.40. The first kappa shape index (κ1) is 25.5. The van der Waals surface area contributed by atoms with Gasteiger partial charge >= 0.3 is 0 Å². The monoisotopic (exact) mass is 482 g/mol. The molecule has 0 radical (unpaired) electrons. The van der Waals surface area contributed by atoms with Crippen LogP contribution in [0.15, 0.2) is 48.1 Å². The molecule has 3 atom stereocenters. The third kappa shape index (κ3) is 5.98. The van der Waals surface area contributed by atoms with E-state index in [0.29, 0.717) is 29.7 Å². The minimum atomic E-state index is -0.0751. The highest BCUT2D eigenvalue weighted by molar-refractivity contribution is 8.00. The number of aryl methyl sites for hydroxylation is 1. The van der Waals surface area contributed by atoms with E-state index in [0.717, 1.165) is 31.7 Å². The number of fused-ring (bicyclic) bond motifs is 1. The molecule has 1 aliphatic carbocycles. The van der Waals surface area contributed by atoms with Gasteiger partial charge in [-0.25, -0.2) is 0 Å². The minimum Gasteiger partial charge on any atom is -0.371 e. The Labute approximate surface area is 210 Å². The van der Waals surface area contributed by atoms with Gasteiger partial charge in [0.1, 0.15) is 6.61 Å². The van der Waals surface area contributed by atoms with E-state index in [9.17, 15) is 4.79 Å². The van der Waals surface area contributed by atoms with Crippen molar-refractivity contribution in [2.75, 3.05) is 50.0 Å². The number of allylic oxidation sites excluding steroid dienone is 1. The van der Waals surface area contributed by atoms with Gasteiger partial charge in [-0.15, -0.1) is 0 Å². The summed E-state index contributed by atoms with van der Waals surface area (Å²) in [7, 11) is 0. The van der Waals surface area contributed by atoms with Crippen LogP contribution >= 0.6 is 11.8 Å². The standard InChI is InChI=1S/C29H42N2O2S/c1-6-30(18-23-9-12-26-25(17-23)28(3,4)14-16-34-26)15-13-29(5)20-31(27(32)19-33-21-29)24-10-7-22(2)8-11-24/h7-12,17,25-26H,6,13-16,18-21H2,1-5H3. The van der Waals surface area contributed by atoms with Gasteiger partial charge in [-0.3, -0.25) is 9.69 Å². The Hall–Kier alpha value is -1.56. The van der Waals surface area contributed by atoms with Gasteiger partial charge < -0.3 is 9.64 Å². The van der Waals surface area contributed by atoms with Crippen LogP contribution in [-0.2, 0) is 9.53 Å². The SMILES string of the molecule is CCN(CCC1(C)COCC(=O)N(c2ccc(C)cc2)C1)CC1=CC2C(C=C1)SCCC2(C)C. The lowest BCUT2D eigenvalue weighted by Crippen LogP contribution is -2.42. The molecule has 0 aromatic heterocycles. The quantitative estimate of drug-likeness (QED) is 0.498. The number of nitrogens with zero attached hydrogens (tertiary/aromatic N) is 2. The number of ether oxygens (including phenoxy) is 1. The molecule has 1 aromatic carbocycles. The largest absolute Gasteiger partial charge is 0.371 e. The number of carbonyl (C=O) groups is 1. The fourth-order valence-corrected chi connectivity index (χ4v) is 7.16. The van der Waals surface area contributed by atoms with Gasteiger partial charge in [0.25, 0.3) is 5.91 Å². The second-order valence-electron chi connectivity index (χ2n) is 11.4. The number of anilines is 1. The molecule has 0 saturated carbocycles. The van der Waals surface area contributed by atoms with Crippen molar-refractivity contribution in [2.24, 2.45) is 16.7 Å². The van der Waals surface area contributed by atoms with Crippen molar-refractivity contribution in [3.63, 3.8) is 0 Å². The Kier molecular flexibility index (Phi) is 7.95. The fraction of sp³-hybridized carbons (Fsp3) is 0.621. The van der Waals surface area contributed by atoms with Crippen LogP contribution in [0.3, 0.4) is 0 Å². The molecule has 0 bridgehead atoms. The number of amides is 1. The molecule has 1 aromatic rings. The highest BCUT2D eigenvalue weighted by Gasteiger charge is 2.38. The molecule has 3 aliphatic rings. The van der Waals surface area contributed by atoms with E-state index >= 15 is 0 Å². The first-order valence-corrected chi connectivity index (χ1v) is 13.9. The zero-order chi connectivity index (χ0) is 24.3. The molecule has 4 rings (SSSR count). The first-order valence-electron chi connectivity index (χ1n) is 12.9. The zero-order valence-corrected chi connectivity index (χ0v) is 22.5.